The van der Waals surface area contributed by atoms with Crippen LogP contribution in [0.5, 0.6) is 11.5 Å². The fourth-order valence-corrected chi connectivity index (χ4v) is 5.43. The van der Waals surface area contributed by atoms with E-state index < -0.39 is 5.60 Å². The van der Waals surface area contributed by atoms with E-state index in [0.29, 0.717) is 36.4 Å². The molecule has 11 heteroatoms. The summed E-state index contributed by atoms with van der Waals surface area (Å²) >= 11 is 0. The molecular weight excluding hydrogens is 525 g/mol. The first-order valence-corrected chi connectivity index (χ1v) is 13.9. The number of likely N-dealkylation sites (tertiary alicyclic amines) is 2. The van der Waals surface area contributed by atoms with Crippen molar-refractivity contribution in [2.24, 2.45) is 0 Å². The van der Waals surface area contributed by atoms with Crippen molar-refractivity contribution in [2.75, 3.05) is 31.9 Å². The molecule has 2 aliphatic rings. The third kappa shape index (κ3) is 5.67. The van der Waals surface area contributed by atoms with Crippen molar-refractivity contribution in [1.82, 2.24) is 29.5 Å². The highest BCUT2D eigenvalue weighted by Gasteiger charge is 2.38. The molecule has 0 spiro atoms. The van der Waals surface area contributed by atoms with E-state index in [2.05, 4.69) is 14.9 Å². The van der Waals surface area contributed by atoms with Crippen LogP contribution in [0.25, 0.3) is 22.3 Å². The monoisotopic (exact) mass is 559 g/mol. The van der Waals surface area contributed by atoms with Crippen LogP contribution in [0.15, 0.2) is 54.9 Å². The van der Waals surface area contributed by atoms with Gasteiger partial charge >= 0.3 is 6.09 Å². The SMILES string of the molecule is CC(C)(C)OC(=O)N1CC(N2CCC(n3nc(-c4ccc(Oc5ccc(F)cc5)cc4)c4c(N)ncnc43)CC2)C1. The number of aromatic nitrogens is 4. The minimum absolute atomic E-state index is 0.167. The van der Waals surface area contributed by atoms with E-state index in [9.17, 15) is 9.18 Å². The number of nitrogens with zero attached hydrogens (tertiary/aromatic N) is 6. The Morgan fingerprint density at radius 2 is 1.59 bits per heavy atom. The van der Waals surface area contributed by atoms with Crippen molar-refractivity contribution in [3.05, 3.63) is 60.7 Å². The van der Waals surface area contributed by atoms with E-state index in [4.69, 9.17) is 20.3 Å². The van der Waals surface area contributed by atoms with Crippen LogP contribution in [0.4, 0.5) is 15.0 Å². The standard InChI is InChI=1S/C30H34FN7O3/c1-30(2,3)41-29(39)37-16-22(17-37)36-14-12-21(13-15-36)38-28-25(27(32)33-18-34-28)26(35-38)19-4-8-23(9-5-19)40-24-10-6-20(31)7-11-24/h4-11,18,21-22H,12-17H2,1-3H3,(H2,32,33,34). The molecule has 0 aliphatic carbocycles. The Labute approximate surface area is 237 Å². The van der Waals surface area contributed by atoms with E-state index in [1.54, 1.807) is 17.0 Å². The molecule has 0 radical (unpaired) electrons. The number of benzene rings is 2. The lowest BCUT2D eigenvalue weighted by Crippen LogP contribution is -2.62. The van der Waals surface area contributed by atoms with Crippen LogP contribution in [-0.2, 0) is 4.74 Å². The Morgan fingerprint density at radius 1 is 0.951 bits per heavy atom. The molecule has 0 unspecified atom stereocenters. The van der Waals surface area contributed by atoms with Crippen molar-refractivity contribution in [2.45, 2.75) is 51.3 Å². The molecule has 214 valence electrons. The van der Waals surface area contributed by atoms with Crippen LogP contribution in [0.3, 0.4) is 0 Å². The van der Waals surface area contributed by atoms with E-state index in [1.165, 1.54) is 18.5 Å². The molecule has 2 aliphatic heterocycles. The fraction of sp³-hybridized carbons (Fsp3) is 0.400. The topological polar surface area (TPSA) is 112 Å². The molecule has 1 amide bonds. The summed E-state index contributed by atoms with van der Waals surface area (Å²) in [5.41, 5.74) is 8.16. The third-order valence-electron chi connectivity index (χ3n) is 7.57. The molecule has 4 heterocycles. The summed E-state index contributed by atoms with van der Waals surface area (Å²) in [6.07, 6.45) is 3.06. The molecule has 2 N–H and O–H groups in total. The number of anilines is 1. The second-order valence-electron chi connectivity index (χ2n) is 11.6. The van der Waals surface area contributed by atoms with E-state index >= 15 is 0 Å². The van der Waals surface area contributed by atoms with Crippen LogP contribution < -0.4 is 10.5 Å². The molecule has 0 atom stereocenters. The molecular formula is C30H34FN7O3. The van der Waals surface area contributed by atoms with Crippen LogP contribution in [0.2, 0.25) is 0 Å². The average molecular weight is 560 g/mol. The largest absolute Gasteiger partial charge is 0.457 e. The lowest BCUT2D eigenvalue weighted by molar-refractivity contribution is -0.0213. The Hall–Kier alpha value is -4.25. The molecule has 2 fully saturated rings. The fourth-order valence-electron chi connectivity index (χ4n) is 5.43. The molecule has 6 rings (SSSR count). The number of nitrogens with two attached hydrogens (primary N) is 1. The number of ether oxygens (including phenoxy) is 2. The zero-order valence-corrected chi connectivity index (χ0v) is 23.5. The van der Waals surface area contributed by atoms with Gasteiger partial charge in [-0.1, -0.05) is 0 Å². The molecule has 41 heavy (non-hydrogen) atoms. The summed E-state index contributed by atoms with van der Waals surface area (Å²) in [6, 6.07) is 14.0. The van der Waals surface area contributed by atoms with Crippen LogP contribution in [-0.4, -0.2) is 73.5 Å². The summed E-state index contributed by atoms with van der Waals surface area (Å²) in [4.78, 5) is 25.3. The second-order valence-corrected chi connectivity index (χ2v) is 11.6. The molecule has 0 saturated carbocycles. The highest BCUT2D eigenvalue weighted by Crippen LogP contribution is 2.36. The van der Waals surface area contributed by atoms with Gasteiger partial charge in [-0.25, -0.2) is 23.8 Å². The van der Waals surface area contributed by atoms with E-state index in [1.807, 2.05) is 49.7 Å². The van der Waals surface area contributed by atoms with Gasteiger partial charge in [0.15, 0.2) is 5.65 Å². The lowest BCUT2D eigenvalue weighted by atomic mass is 10.00. The quantitative estimate of drug-likeness (QED) is 0.352. The number of nitrogen functional groups attached to an aromatic ring is 1. The Morgan fingerprint density at radius 3 is 2.22 bits per heavy atom. The average Bonchev–Trinajstić information content (AvgIpc) is 3.30. The lowest BCUT2D eigenvalue weighted by Gasteiger charge is -2.47. The molecule has 10 nitrogen and oxygen atoms in total. The first-order valence-electron chi connectivity index (χ1n) is 13.9. The third-order valence-corrected chi connectivity index (χ3v) is 7.57. The van der Waals surface area contributed by atoms with Crippen LogP contribution >= 0.6 is 0 Å². The predicted octanol–water partition coefficient (Wildman–Crippen LogP) is 5.26. The number of amides is 1. The number of carbonyl (C=O) groups excluding carboxylic acids is 1. The first-order chi connectivity index (χ1) is 19.6. The minimum Gasteiger partial charge on any atom is -0.457 e. The maximum absolute atomic E-state index is 13.2. The van der Waals surface area contributed by atoms with Gasteiger partial charge < -0.3 is 20.1 Å². The first kappa shape index (κ1) is 26.9. The zero-order valence-electron chi connectivity index (χ0n) is 23.5. The molecule has 4 aromatic rings. The number of piperidine rings is 1. The van der Waals surface area contributed by atoms with Crippen molar-refractivity contribution in [3.63, 3.8) is 0 Å². The van der Waals surface area contributed by atoms with Crippen LogP contribution in [0.1, 0.15) is 39.7 Å². The van der Waals surface area contributed by atoms with Crippen molar-refractivity contribution in [1.29, 1.82) is 0 Å². The summed E-state index contributed by atoms with van der Waals surface area (Å²) in [7, 11) is 0. The molecule has 2 aromatic carbocycles. The maximum atomic E-state index is 13.2. The van der Waals surface area contributed by atoms with Gasteiger partial charge in [-0.15, -0.1) is 0 Å². The normalized spacial score (nSPS) is 17.0. The summed E-state index contributed by atoms with van der Waals surface area (Å²) in [6.45, 7) is 8.85. The van der Waals surface area contributed by atoms with Gasteiger partial charge in [0, 0.05) is 37.8 Å². The minimum atomic E-state index is -0.487. The number of carbonyl (C=O) groups is 1. The Balaban J connectivity index is 1.15. The molecule has 2 aromatic heterocycles. The number of hydrogen-bond donors (Lipinski definition) is 1. The van der Waals surface area contributed by atoms with Crippen molar-refractivity contribution >= 4 is 22.9 Å². The van der Waals surface area contributed by atoms with Crippen molar-refractivity contribution in [3.8, 4) is 22.8 Å². The van der Waals surface area contributed by atoms with Crippen molar-refractivity contribution < 1.29 is 18.7 Å². The number of hydrogen-bond acceptors (Lipinski definition) is 8. The van der Waals surface area contributed by atoms with E-state index in [0.717, 1.165) is 48.2 Å². The molecule has 2 saturated heterocycles. The van der Waals surface area contributed by atoms with Gasteiger partial charge in [0.05, 0.1) is 11.4 Å². The van der Waals surface area contributed by atoms with Gasteiger partial charge in [0.25, 0.3) is 0 Å². The number of halogens is 1. The second kappa shape index (κ2) is 10.6. The smallest absolute Gasteiger partial charge is 0.410 e. The Kier molecular flexibility index (Phi) is 6.98. The highest BCUT2D eigenvalue weighted by atomic mass is 19.1. The maximum Gasteiger partial charge on any atom is 0.410 e. The van der Waals surface area contributed by atoms with Gasteiger partial charge in [0.2, 0.25) is 0 Å². The van der Waals surface area contributed by atoms with Gasteiger partial charge in [-0.2, -0.15) is 5.10 Å². The zero-order chi connectivity index (χ0) is 28.7. The van der Waals surface area contributed by atoms with Crippen LogP contribution in [0, 0.1) is 5.82 Å². The van der Waals surface area contributed by atoms with E-state index in [-0.39, 0.29) is 18.0 Å². The van der Waals surface area contributed by atoms with Gasteiger partial charge in [-0.3, -0.25) is 4.90 Å². The van der Waals surface area contributed by atoms with Gasteiger partial charge in [-0.05, 0) is 82.1 Å². The number of fused-ring (bicyclic) bond motifs is 1. The Bertz CT molecular complexity index is 1540. The highest BCUT2D eigenvalue weighted by molar-refractivity contribution is 5.98. The summed E-state index contributed by atoms with van der Waals surface area (Å²) in [5, 5.41) is 5.74. The number of rotatable bonds is 5. The molecule has 0 bridgehead atoms. The van der Waals surface area contributed by atoms with Gasteiger partial charge in [0.1, 0.15) is 40.8 Å². The summed E-state index contributed by atoms with van der Waals surface area (Å²) < 4.78 is 26.6. The summed E-state index contributed by atoms with van der Waals surface area (Å²) in [5.74, 6) is 1.25. The predicted molar refractivity (Wildman–Crippen MR) is 153 cm³/mol.